The van der Waals surface area contributed by atoms with Crippen molar-refractivity contribution >= 4 is 27.3 Å². The van der Waals surface area contributed by atoms with E-state index in [0.29, 0.717) is 4.90 Å². The Bertz CT molecular complexity index is 624. The number of benzene rings is 1. The van der Waals surface area contributed by atoms with E-state index >= 15 is 0 Å². The molecular formula is C16H23NO3S2. The number of rotatable bonds is 4. The normalized spacial score (nSPS) is 28.9. The quantitative estimate of drug-likeness (QED) is 0.912. The second kappa shape index (κ2) is 6.42. The molecule has 0 aliphatic carbocycles. The average Bonchev–Trinajstić information content (AvgIpc) is 2.95. The summed E-state index contributed by atoms with van der Waals surface area (Å²) in [6, 6.07) is 7.51. The van der Waals surface area contributed by atoms with Crippen LogP contribution in [0.1, 0.15) is 26.2 Å². The molecule has 0 amide bonds. The van der Waals surface area contributed by atoms with Crippen molar-refractivity contribution in [3.63, 3.8) is 0 Å². The van der Waals surface area contributed by atoms with Gasteiger partial charge in [0.25, 0.3) is 0 Å². The minimum absolute atomic E-state index is 0.000835. The lowest BCUT2D eigenvalue weighted by molar-refractivity contribution is -0.0628. The summed E-state index contributed by atoms with van der Waals surface area (Å²) in [5.41, 5.74) is 0.733. The Morgan fingerprint density at radius 1 is 1.41 bits per heavy atom. The van der Waals surface area contributed by atoms with Gasteiger partial charge in [-0.3, -0.25) is 0 Å². The second-order valence-electron chi connectivity index (χ2n) is 6.07. The molecule has 122 valence electrons. The fourth-order valence-corrected chi connectivity index (χ4v) is 5.68. The molecule has 1 N–H and O–H groups in total. The molecule has 0 bridgehead atoms. The van der Waals surface area contributed by atoms with Gasteiger partial charge in [0.2, 0.25) is 0 Å². The number of thioether (sulfide) groups is 1. The van der Waals surface area contributed by atoms with Crippen LogP contribution in [0.4, 0.5) is 5.69 Å². The molecular weight excluding hydrogens is 318 g/mol. The Hall–Kier alpha value is -0.720. The molecule has 6 heteroatoms. The van der Waals surface area contributed by atoms with Crippen molar-refractivity contribution in [1.29, 1.82) is 0 Å². The van der Waals surface area contributed by atoms with E-state index in [9.17, 15) is 8.42 Å². The highest BCUT2D eigenvalue weighted by atomic mass is 32.2. The van der Waals surface area contributed by atoms with Gasteiger partial charge < -0.3 is 10.1 Å². The van der Waals surface area contributed by atoms with Crippen LogP contribution in [0.15, 0.2) is 29.2 Å². The Kier molecular flexibility index (Phi) is 4.71. The molecule has 0 unspecified atom stereocenters. The van der Waals surface area contributed by atoms with E-state index in [1.54, 1.807) is 19.1 Å². The molecule has 0 aromatic heterocycles. The topological polar surface area (TPSA) is 55.4 Å². The van der Waals surface area contributed by atoms with E-state index in [4.69, 9.17) is 4.74 Å². The largest absolute Gasteiger partial charge is 0.381 e. The Balaban J connectivity index is 1.79. The van der Waals surface area contributed by atoms with Gasteiger partial charge in [0.15, 0.2) is 9.84 Å². The highest BCUT2D eigenvalue weighted by molar-refractivity contribution is 7.99. The minimum atomic E-state index is -3.21. The molecule has 22 heavy (non-hydrogen) atoms. The molecule has 2 fully saturated rings. The highest BCUT2D eigenvalue weighted by Gasteiger charge is 2.40. The fraction of sp³-hybridized carbons (Fsp3) is 0.625. The van der Waals surface area contributed by atoms with Crippen LogP contribution in [0.25, 0.3) is 0 Å². The first-order valence-corrected chi connectivity index (χ1v) is 10.7. The summed E-state index contributed by atoms with van der Waals surface area (Å²) in [6.07, 6.45) is 2.98. The zero-order valence-corrected chi connectivity index (χ0v) is 14.5. The summed E-state index contributed by atoms with van der Waals surface area (Å²) in [6.45, 7) is 2.44. The maximum Gasteiger partial charge on any atom is 0.180 e. The van der Waals surface area contributed by atoms with Gasteiger partial charge in [0.1, 0.15) is 0 Å². The summed E-state index contributed by atoms with van der Waals surface area (Å²) in [5.74, 6) is 2.34. The van der Waals surface area contributed by atoms with Crippen LogP contribution in [-0.2, 0) is 14.6 Å². The van der Waals surface area contributed by atoms with Crippen LogP contribution < -0.4 is 5.32 Å². The molecule has 2 atom stereocenters. The van der Waals surface area contributed by atoms with Crippen molar-refractivity contribution in [3.05, 3.63) is 24.3 Å². The van der Waals surface area contributed by atoms with Crippen LogP contribution in [0.5, 0.6) is 0 Å². The zero-order valence-electron chi connectivity index (χ0n) is 12.9. The van der Waals surface area contributed by atoms with E-state index < -0.39 is 9.84 Å². The Labute approximate surface area is 136 Å². The average molecular weight is 341 g/mol. The van der Waals surface area contributed by atoms with E-state index in [0.717, 1.165) is 43.1 Å². The smallest absolute Gasteiger partial charge is 0.180 e. The van der Waals surface area contributed by atoms with E-state index in [-0.39, 0.29) is 17.4 Å². The van der Waals surface area contributed by atoms with E-state index in [1.807, 2.05) is 23.9 Å². The maximum absolute atomic E-state index is 12.2. The predicted octanol–water partition coefficient (Wildman–Crippen LogP) is 2.95. The number of hydrogen-bond acceptors (Lipinski definition) is 5. The number of hydrogen-bond donors (Lipinski definition) is 1. The van der Waals surface area contributed by atoms with Crippen LogP contribution in [0.2, 0.25) is 0 Å². The van der Waals surface area contributed by atoms with Crippen molar-refractivity contribution in [2.75, 3.05) is 29.2 Å². The summed E-state index contributed by atoms with van der Waals surface area (Å²) < 4.78 is 30.5. The van der Waals surface area contributed by atoms with Crippen molar-refractivity contribution in [3.8, 4) is 0 Å². The van der Waals surface area contributed by atoms with Gasteiger partial charge >= 0.3 is 0 Å². The van der Waals surface area contributed by atoms with Crippen LogP contribution in [0.3, 0.4) is 0 Å². The lowest BCUT2D eigenvalue weighted by atomic mass is 9.90. The summed E-state index contributed by atoms with van der Waals surface area (Å²) in [4.78, 5) is 0.416. The summed E-state index contributed by atoms with van der Waals surface area (Å²) in [7, 11) is -3.21. The Morgan fingerprint density at radius 2 is 2.23 bits per heavy atom. The standard InChI is InChI=1S/C16H23NO3S2/c1-2-22(18,19)15-6-4-3-5-14(15)17-13-7-9-20-16(11-13)8-10-21-12-16/h3-6,13,17H,2,7-12H2,1H3/t13-,16-/m1/s1. The molecule has 2 aliphatic heterocycles. The molecule has 0 radical (unpaired) electrons. The van der Waals surface area contributed by atoms with Crippen LogP contribution >= 0.6 is 11.8 Å². The maximum atomic E-state index is 12.2. The third-order valence-corrected chi connectivity index (χ3v) is 7.53. The van der Waals surface area contributed by atoms with Gasteiger partial charge in [-0.25, -0.2) is 8.42 Å². The van der Waals surface area contributed by atoms with Gasteiger partial charge in [-0.1, -0.05) is 19.1 Å². The second-order valence-corrected chi connectivity index (χ2v) is 9.42. The lowest BCUT2D eigenvalue weighted by Crippen LogP contribution is -2.44. The third kappa shape index (κ3) is 3.29. The Morgan fingerprint density at radius 3 is 2.95 bits per heavy atom. The van der Waals surface area contributed by atoms with Crippen molar-refractivity contribution in [2.45, 2.75) is 42.7 Å². The molecule has 4 nitrogen and oxygen atoms in total. The molecule has 0 saturated carbocycles. The van der Waals surface area contributed by atoms with Gasteiger partial charge in [0.05, 0.1) is 21.9 Å². The van der Waals surface area contributed by atoms with E-state index in [1.165, 1.54) is 0 Å². The lowest BCUT2D eigenvalue weighted by Gasteiger charge is -2.38. The third-order valence-electron chi connectivity index (χ3n) is 4.52. The van der Waals surface area contributed by atoms with Gasteiger partial charge in [-0.05, 0) is 37.1 Å². The predicted molar refractivity (Wildman–Crippen MR) is 91.4 cm³/mol. The molecule has 2 aliphatic rings. The van der Waals surface area contributed by atoms with Crippen molar-refractivity contribution < 1.29 is 13.2 Å². The molecule has 2 heterocycles. The fourth-order valence-electron chi connectivity index (χ4n) is 3.25. The first-order valence-electron chi connectivity index (χ1n) is 7.85. The number of nitrogens with one attached hydrogen (secondary N) is 1. The highest BCUT2D eigenvalue weighted by Crippen LogP contribution is 2.39. The monoisotopic (exact) mass is 341 g/mol. The van der Waals surface area contributed by atoms with Gasteiger partial charge in [-0.2, -0.15) is 11.8 Å². The molecule has 2 saturated heterocycles. The number of ether oxygens (including phenoxy) is 1. The van der Waals surface area contributed by atoms with Crippen molar-refractivity contribution in [1.82, 2.24) is 0 Å². The molecule has 1 aromatic carbocycles. The number of sulfone groups is 1. The van der Waals surface area contributed by atoms with Gasteiger partial charge in [0, 0.05) is 18.4 Å². The first kappa shape index (κ1) is 16.1. The SMILES string of the molecule is CCS(=O)(=O)c1ccccc1N[C@@H]1CCO[C@]2(CCSC2)C1. The summed E-state index contributed by atoms with van der Waals surface area (Å²) in [5, 5.41) is 3.47. The van der Waals surface area contributed by atoms with Crippen molar-refractivity contribution in [2.24, 2.45) is 0 Å². The molecule has 3 rings (SSSR count). The van der Waals surface area contributed by atoms with Gasteiger partial charge in [-0.15, -0.1) is 0 Å². The summed E-state index contributed by atoms with van der Waals surface area (Å²) >= 11 is 1.95. The zero-order chi connectivity index (χ0) is 15.6. The first-order chi connectivity index (χ1) is 10.5. The molecule has 1 spiro atoms. The number of anilines is 1. The van der Waals surface area contributed by atoms with Crippen LogP contribution in [-0.4, -0.2) is 43.9 Å². The number of para-hydroxylation sites is 1. The van der Waals surface area contributed by atoms with Crippen LogP contribution in [0, 0.1) is 0 Å². The molecule has 1 aromatic rings. The minimum Gasteiger partial charge on any atom is -0.381 e. The van der Waals surface area contributed by atoms with E-state index in [2.05, 4.69) is 5.32 Å².